The molecule has 2 saturated heterocycles. The number of rotatable bonds is 1. The van der Waals surface area contributed by atoms with Crippen molar-refractivity contribution in [2.45, 2.75) is 25.6 Å². The van der Waals surface area contributed by atoms with Crippen LogP contribution < -0.4 is 4.90 Å². The van der Waals surface area contributed by atoms with Crippen LogP contribution in [-0.4, -0.2) is 32.1 Å². The summed E-state index contributed by atoms with van der Waals surface area (Å²) in [6, 6.07) is 8.19. The second-order valence-electron chi connectivity index (χ2n) is 5.24. The number of benzene rings is 1. The van der Waals surface area contributed by atoms with E-state index in [1.807, 2.05) is 19.1 Å². The maximum Gasteiger partial charge on any atom is 0.186 e. The summed E-state index contributed by atoms with van der Waals surface area (Å²) in [7, 11) is 0. The molecule has 2 aliphatic rings. The molecule has 2 fully saturated rings. The highest BCUT2D eigenvalue weighted by atomic mass is 16.7. The molecule has 1 aromatic carbocycles. The summed E-state index contributed by atoms with van der Waals surface area (Å²) in [5, 5.41) is 8.98. The summed E-state index contributed by atoms with van der Waals surface area (Å²) >= 11 is 0. The van der Waals surface area contributed by atoms with Crippen LogP contribution in [0.2, 0.25) is 0 Å². The van der Waals surface area contributed by atoms with Crippen molar-refractivity contribution in [2.24, 2.45) is 0 Å². The summed E-state index contributed by atoms with van der Waals surface area (Å²) in [6.07, 6.45) is 2.04. The molecule has 3 rings (SSSR count). The topological polar surface area (TPSA) is 45.5 Å². The van der Waals surface area contributed by atoms with E-state index >= 15 is 0 Å². The van der Waals surface area contributed by atoms with Crippen LogP contribution in [0.25, 0.3) is 0 Å². The van der Waals surface area contributed by atoms with E-state index < -0.39 is 5.79 Å². The Morgan fingerprint density at radius 1 is 1.32 bits per heavy atom. The average molecular weight is 258 g/mol. The standard InChI is InChI=1S/C15H18N2O2/c1-12-9-14(4-3-13(12)10-16)17-6-2-5-15(11-17)18-7-8-19-15/h3-4,9H,2,5-8,11H2,1H3. The van der Waals surface area contributed by atoms with Crippen LogP contribution in [0.5, 0.6) is 0 Å². The van der Waals surface area contributed by atoms with Crippen molar-refractivity contribution in [1.82, 2.24) is 0 Å². The van der Waals surface area contributed by atoms with E-state index in [1.165, 1.54) is 0 Å². The Morgan fingerprint density at radius 3 is 2.79 bits per heavy atom. The van der Waals surface area contributed by atoms with E-state index in [4.69, 9.17) is 14.7 Å². The number of aryl methyl sites for hydroxylation is 1. The molecule has 0 bridgehead atoms. The first-order valence-corrected chi connectivity index (χ1v) is 6.76. The Labute approximate surface area is 113 Å². The van der Waals surface area contributed by atoms with Gasteiger partial charge in [0.15, 0.2) is 5.79 Å². The van der Waals surface area contributed by atoms with Crippen LogP contribution >= 0.6 is 0 Å². The second kappa shape index (κ2) is 4.84. The highest BCUT2D eigenvalue weighted by molar-refractivity contribution is 5.54. The lowest BCUT2D eigenvalue weighted by atomic mass is 10.0. The lowest BCUT2D eigenvalue weighted by molar-refractivity contribution is -0.161. The van der Waals surface area contributed by atoms with Crippen molar-refractivity contribution in [3.05, 3.63) is 29.3 Å². The Balaban J connectivity index is 1.82. The highest BCUT2D eigenvalue weighted by Gasteiger charge is 2.40. The summed E-state index contributed by atoms with van der Waals surface area (Å²) in [5.74, 6) is -0.403. The molecule has 2 heterocycles. The molecule has 0 N–H and O–H groups in total. The fourth-order valence-corrected chi connectivity index (χ4v) is 2.91. The van der Waals surface area contributed by atoms with Crippen LogP contribution in [0.15, 0.2) is 18.2 Å². The third kappa shape index (κ3) is 2.32. The van der Waals surface area contributed by atoms with Crippen molar-refractivity contribution in [3.8, 4) is 6.07 Å². The van der Waals surface area contributed by atoms with Crippen LogP contribution in [0.3, 0.4) is 0 Å². The van der Waals surface area contributed by atoms with Gasteiger partial charge in [-0.25, -0.2) is 0 Å². The van der Waals surface area contributed by atoms with Gasteiger partial charge < -0.3 is 14.4 Å². The van der Waals surface area contributed by atoms with Crippen LogP contribution in [0.1, 0.15) is 24.0 Å². The Bertz CT molecular complexity index is 515. The zero-order chi connectivity index (χ0) is 13.3. The molecule has 0 radical (unpaired) electrons. The normalized spacial score (nSPS) is 21.6. The number of anilines is 1. The summed E-state index contributed by atoms with van der Waals surface area (Å²) in [5.41, 5.74) is 2.91. The van der Waals surface area contributed by atoms with Gasteiger partial charge in [-0.2, -0.15) is 5.26 Å². The van der Waals surface area contributed by atoms with E-state index in [0.29, 0.717) is 13.2 Å². The summed E-state index contributed by atoms with van der Waals surface area (Å²) < 4.78 is 11.6. The molecule has 4 nitrogen and oxygen atoms in total. The quantitative estimate of drug-likeness (QED) is 0.774. The van der Waals surface area contributed by atoms with E-state index in [2.05, 4.69) is 17.0 Å². The van der Waals surface area contributed by atoms with Crippen LogP contribution in [0, 0.1) is 18.3 Å². The molecule has 0 aromatic heterocycles. The van der Waals surface area contributed by atoms with Gasteiger partial charge in [-0.3, -0.25) is 0 Å². The molecule has 19 heavy (non-hydrogen) atoms. The number of hydrogen-bond acceptors (Lipinski definition) is 4. The van der Waals surface area contributed by atoms with Crippen LogP contribution in [0.4, 0.5) is 5.69 Å². The van der Waals surface area contributed by atoms with E-state index in [0.717, 1.165) is 42.7 Å². The first kappa shape index (κ1) is 12.5. The number of hydrogen-bond donors (Lipinski definition) is 0. The maximum absolute atomic E-state index is 8.98. The van der Waals surface area contributed by atoms with Gasteiger partial charge in [-0.05, 0) is 37.1 Å². The number of piperidine rings is 1. The molecule has 1 aromatic rings. The van der Waals surface area contributed by atoms with Crippen molar-refractivity contribution in [1.29, 1.82) is 5.26 Å². The second-order valence-corrected chi connectivity index (χ2v) is 5.24. The molecule has 0 amide bonds. The van der Waals surface area contributed by atoms with Gasteiger partial charge in [-0.15, -0.1) is 0 Å². The van der Waals surface area contributed by atoms with Crippen molar-refractivity contribution in [2.75, 3.05) is 31.2 Å². The molecule has 4 heteroatoms. The largest absolute Gasteiger partial charge is 0.366 e. The SMILES string of the molecule is Cc1cc(N2CCCC3(C2)OCCO3)ccc1C#N. The smallest absolute Gasteiger partial charge is 0.186 e. The lowest BCUT2D eigenvalue weighted by Gasteiger charge is -2.39. The lowest BCUT2D eigenvalue weighted by Crippen LogP contribution is -2.49. The monoisotopic (exact) mass is 258 g/mol. The van der Waals surface area contributed by atoms with Gasteiger partial charge in [0.2, 0.25) is 0 Å². The van der Waals surface area contributed by atoms with Gasteiger partial charge in [0.05, 0.1) is 31.4 Å². The fourth-order valence-electron chi connectivity index (χ4n) is 2.91. The first-order valence-electron chi connectivity index (χ1n) is 6.76. The minimum absolute atomic E-state index is 0.403. The maximum atomic E-state index is 8.98. The molecular formula is C15H18N2O2. The van der Waals surface area contributed by atoms with Gasteiger partial charge in [0.1, 0.15) is 0 Å². The van der Waals surface area contributed by atoms with E-state index in [1.54, 1.807) is 0 Å². The zero-order valence-corrected chi connectivity index (χ0v) is 11.2. The molecule has 0 aliphatic carbocycles. The molecule has 0 unspecified atom stereocenters. The molecule has 2 aliphatic heterocycles. The van der Waals surface area contributed by atoms with Crippen molar-refractivity contribution < 1.29 is 9.47 Å². The van der Waals surface area contributed by atoms with Gasteiger partial charge in [0, 0.05) is 18.7 Å². The third-order valence-corrected chi connectivity index (χ3v) is 3.93. The third-order valence-electron chi connectivity index (χ3n) is 3.93. The Hall–Kier alpha value is -1.57. The molecule has 100 valence electrons. The number of nitriles is 1. The first-order chi connectivity index (χ1) is 9.22. The average Bonchev–Trinajstić information content (AvgIpc) is 2.86. The summed E-state index contributed by atoms with van der Waals surface area (Å²) in [6.45, 7) is 5.16. The molecule has 1 spiro atoms. The highest BCUT2D eigenvalue weighted by Crippen LogP contribution is 2.33. The minimum atomic E-state index is -0.403. The van der Waals surface area contributed by atoms with Crippen molar-refractivity contribution in [3.63, 3.8) is 0 Å². The van der Waals surface area contributed by atoms with Crippen LogP contribution in [-0.2, 0) is 9.47 Å². The van der Waals surface area contributed by atoms with E-state index in [-0.39, 0.29) is 0 Å². The number of ether oxygens (including phenoxy) is 2. The summed E-state index contributed by atoms with van der Waals surface area (Å²) in [4.78, 5) is 2.29. The number of nitrogens with zero attached hydrogens (tertiary/aromatic N) is 2. The predicted molar refractivity (Wildman–Crippen MR) is 72.0 cm³/mol. The van der Waals surface area contributed by atoms with Gasteiger partial charge in [0.25, 0.3) is 0 Å². The Kier molecular flexibility index (Phi) is 3.17. The Morgan fingerprint density at radius 2 is 2.11 bits per heavy atom. The fraction of sp³-hybridized carbons (Fsp3) is 0.533. The molecular weight excluding hydrogens is 240 g/mol. The predicted octanol–water partition coefficient (Wildman–Crippen LogP) is 2.21. The van der Waals surface area contributed by atoms with Gasteiger partial charge >= 0.3 is 0 Å². The van der Waals surface area contributed by atoms with E-state index in [9.17, 15) is 0 Å². The minimum Gasteiger partial charge on any atom is -0.366 e. The molecule has 0 saturated carbocycles. The van der Waals surface area contributed by atoms with Gasteiger partial charge in [-0.1, -0.05) is 0 Å². The molecule has 0 atom stereocenters. The zero-order valence-electron chi connectivity index (χ0n) is 11.2. The van der Waals surface area contributed by atoms with Crippen molar-refractivity contribution >= 4 is 5.69 Å².